The topological polar surface area (TPSA) is 29.1 Å². The van der Waals surface area contributed by atoms with Gasteiger partial charge in [0, 0.05) is 11.4 Å². The lowest BCUT2D eigenvalue weighted by Crippen LogP contribution is -2.31. The summed E-state index contributed by atoms with van der Waals surface area (Å²) < 4.78 is 26.3. The third kappa shape index (κ3) is 4.36. The molecule has 0 aliphatic heterocycles. The lowest BCUT2D eigenvalue weighted by Gasteiger charge is -2.16. The standard InChI is InChI=1S/C16H14BrF2NO/c17-10-15(11-4-2-1-3-5-11)20-16(21)8-12-6-7-13(18)9-14(12)19/h1-7,9,15H,8,10H2,(H,20,21). The Morgan fingerprint density at radius 3 is 2.48 bits per heavy atom. The zero-order chi connectivity index (χ0) is 15.2. The van der Waals surface area contributed by atoms with E-state index in [-0.39, 0.29) is 23.9 Å². The fraction of sp³-hybridized carbons (Fsp3) is 0.188. The van der Waals surface area contributed by atoms with E-state index < -0.39 is 11.6 Å². The Morgan fingerprint density at radius 2 is 1.86 bits per heavy atom. The van der Waals surface area contributed by atoms with Gasteiger partial charge in [0.05, 0.1) is 12.5 Å². The minimum absolute atomic E-state index is 0.123. The lowest BCUT2D eigenvalue weighted by molar-refractivity contribution is -0.121. The highest BCUT2D eigenvalue weighted by Gasteiger charge is 2.15. The van der Waals surface area contributed by atoms with Gasteiger partial charge in [0.1, 0.15) is 11.6 Å². The van der Waals surface area contributed by atoms with Gasteiger partial charge in [-0.05, 0) is 17.2 Å². The fourth-order valence-electron chi connectivity index (χ4n) is 1.98. The average Bonchev–Trinajstić information content (AvgIpc) is 2.48. The molecule has 0 heterocycles. The van der Waals surface area contributed by atoms with Crippen molar-refractivity contribution < 1.29 is 13.6 Å². The number of nitrogens with one attached hydrogen (secondary N) is 1. The van der Waals surface area contributed by atoms with E-state index >= 15 is 0 Å². The average molecular weight is 354 g/mol. The second-order valence-electron chi connectivity index (χ2n) is 4.60. The summed E-state index contributed by atoms with van der Waals surface area (Å²) in [5, 5.41) is 3.38. The van der Waals surface area contributed by atoms with Gasteiger partial charge in [0.2, 0.25) is 5.91 Å². The SMILES string of the molecule is O=C(Cc1ccc(F)cc1F)NC(CBr)c1ccccc1. The van der Waals surface area contributed by atoms with Crippen molar-refractivity contribution in [1.29, 1.82) is 0 Å². The fourth-order valence-corrected chi connectivity index (χ4v) is 2.52. The van der Waals surface area contributed by atoms with Crippen molar-refractivity contribution >= 4 is 21.8 Å². The van der Waals surface area contributed by atoms with E-state index in [4.69, 9.17) is 0 Å². The largest absolute Gasteiger partial charge is 0.348 e. The number of hydrogen-bond acceptors (Lipinski definition) is 1. The summed E-state index contributed by atoms with van der Waals surface area (Å²) in [7, 11) is 0. The van der Waals surface area contributed by atoms with Gasteiger partial charge < -0.3 is 5.32 Å². The van der Waals surface area contributed by atoms with Gasteiger partial charge in [-0.3, -0.25) is 4.79 Å². The van der Waals surface area contributed by atoms with Gasteiger partial charge in [-0.1, -0.05) is 52.3 Å². The first-order valence-corrected chi connectivity index (χ1v) is 7.56. The number of alkyl halides is 1. The predicted molar refractivity (Wildman–Crippen MR) is 81.2 cm³/mol. The number of rotatable bonds is 5. The van der Waals surface area contributed by atoms with Crippen LogP contribution in [-0.4, -0.2) is 11.2 Å². The summed E-state index contributed by atoms with van der Waals surface area (Å²) in [6.45, 7) is 0. The first kappa shape index (κ1) is 15.6. The number of benzene rings is 2. The van der Waals surface area contributed by atoms with Gasteiger partial charge in [0.15, 0.2) is 0 Å². The van der Waals surface area contributed by atoms with Crippen molar-refractivity contribution in [3.63, 3.8) is 0 Å². The maximum atomic E-state index is 13.5. The summed E-state index contributed by atoms with van der Waals surface area (Å²) in [5.74, 6) is -1.67. The number of amides is 1. The smallest absolute Gasteiger partial charge is 0.225 e. The molecule has 0 saturated carbocycles. The highest BCUT2D eigenvalue weighted by atomic mass is 79.9. The van der Waals surface area contributed by atoms with Gasteiger partial charge in [-0.15, -0.1) is 0 Å². The molecule has 0 fully saturated rings. The molecule has 0 aromatic heterocycles. The zero-order valence-electron chi connectivity index (χ0n) is 11.2. The summed E-state index contributed by atoms with van der Waals surface area (Å²) >= 11 is 3.35. The molecule has 1 atom stereocenters. The van der Waals surface area contributed by atoms with Crippen LogP contribution < -0.4 is 5.32 Å². The van der Waals surface area contributed by atoms with Crippen LogP contribution in [0.25, 0.3) is 0 Å². The molecule has 2 nitrogen and oxygen atoms in total. The molecule has 0 spiro atoms. The Kier molecular flexibility index (Phi) is 5.44. The first-order valence-electron chi connectivity index (χ1n) is 6.44. The maximum absolute atomic E-state index is 13.5. The van der Waals surface area contributed by atoms with Gasteiger partial charge in [-0.25, -0.2) is 8.78 Å². The Balaban J connectivity index is 2.03. The van der Waals surface area contributed by atoms with E-state index in [1.807, 2.05) is 30.3 Å². The van der Waals surface area contributed by atoms with E-state index in [0.717, 1.165) is 17.7 Å². The normalized spacial score (nSPS) is 12.0. The van der Waals surface area contributed by atoms with Crippen molar-refractivity contribution in [2.24, 2.45) is 0 Å². The molecule has 1 amide bonds. The lowest BCUT2D eigenvalue weighted by atomic mass is 10.1. The van der Waals surface area contributed by atoms with Crippen molar-refractivity contribution in [3.8, 4) is 0 Å². The number of hydrogen-bond donors (Lipinski definition) is 1. The van der Waals surface area contributed by atoms with Gasteiger partial charge in [0.25, 0.3) is 0 Å². The van der Waals surface area contributed by atoms with Crippen molar-refractivity contribution in [1.82, 2.24) is 5.32 Å². The van der Waals surface area contributed by atoms with Crippen LogP contribution in [0.1, 0.15) is 17.2 Å². The summed E-state index contributed by atoms with van der Waals surface area (Å²) in [6, 6.07) is 12.5. The van der Waals surface area contributed by atoms with E-state index in [2.05, 4.69) is 21.2 Å². The number of carbonyl (C=O) groups excluding carboxylic acids is 1. The van der Waals surface area contributed by atoms with Crippen molar-refractivity contribution in [2.45, 2.75) is 12.5 Å². The van der Waals surface area contributed by atoms with E-state index in [1.54, 1.807) is 0 Å². The molecule has 0 aliphatic rings. The Morgan fingerprint density at radius 1 is 1.14 bits per heavy atom. The molecule has 2 rings (SSSR count). The molecule has 0 radical (unpaired) electrons. The molecule has 0 bridgehead atoms. The Labute approximate surface area is 130 Å². The summed E-state index contributed by atoms with van der Waals surface area (Å²) in [4.78, 5) is 12.0. The van der Waals surface area contributed by atoms with E-state index in [0.29, 0.717) is 5.33 Å². The van der Waals surface area contributed by atoms with Gasteiger partial charge >= 0.3 is 0 Å². The first-order chi connectivity index (χ1) is 10.1. The summed E-state index contributed by atoms with van der Waals surface area (Å²) in [5.41, 5.74) is 1.14. The van der Waals surface area contributed by atoms with Crippen LogP contribution in [-0.2, 0) is 11.2 Å². The highest BCUT2D eigenvalue weighted by Crippen LogP contribution is 2.16. The molecular weight excluding hydrogens is 340 g/mol. The molecule has 110 valence electrons. The number of halogens is 3. The molecule has 1 N–H and O–H groups in total. The van der Waals surface area contributed by atoms with Crippen molar-refractivity contribution in [2.75, 3.05) is 5.33 Å². The molecule has 2 aromatic carbocycles. The molecule has 21 heavy (non-hydrogen) atoms. The van der Waals surface area contributed by atoms with Crippen LogP contribution in [0.15, 0.2) is 48.5 Å². The maximum Gasteiger partial charge on any atom is 0.225 e. The van der Waals surface area contributed by atoms with Crippen LogP contribution in [0.3, 0.4) is 0 Å². The third-order valence-corrected chi connectivity index (χ3v) is 3.71. The quantitative estimate of drug-likeness (QED) is 0.814. The summed E-state index contributed by atoms with van der Waals surface area (Å²) in [6.07, 6.45) is -0.123. The number of carbonyl (C=O) groups is 1. The molecule has 0 aliphatic carbocycles. The monoisotopic (exact) mass is 353 g/mol. The Hall–Kier alpha value is -1.75. The molecule has 0 saturated heterocycles. The van der Waals surface area contributed by atoms with Crippen LogP contribution >= 0.6 is 15.9 Å². The molecule has 5 heteroatoms. The second kappa shape index (κ2) is 7.31. The van der Waals surface area contributed by atoms with Crippen LogP contribution in [0.4, 0.5) is 8.78 Å². The third-order valence-electron chi connectivity index (χ3n) is 3.06. The van der Waals surface area contributed by atoms with Gasteiger partial charge in [-0.2, -0.15) is 0 Å². The van der Waals surface area contributed by atoms with Crippen molar-refractivity contribution in [3.05, 3.63) is 71.3 Å². The van der Waals surface area contributed by atoms with E-state index in [9.17, 15) is 13.6 Å². The highest BCUT2D eigenvalue weighted by molar-refractivity contribution is 9.09. The van der Waals surface area contributed by atoms with Crippen LogP contribution in [0, 0.1) is 11.6 Å². The predicted octanol–water partition coefficient (Wildman–Crippen LogP) is 3.76. The minimum atomic E-state index is -0.708. The Bertz CT molecular complexity index is 619. The minimum Gasteiger partial charge on any atom is -0.348 e. The molecule has 1 unspecified atom stereocenters. The second-order valence-corrected chi connectivity index (χ2v) is 5.25. The molecule has 2 aromatic rings. The zero-order valence-corrected chi connectivity index (χ0v) is 12.7. The molecular formula is C16H14BrF2NO. The van der Waals surface area contributed by atoms with Crippen LogP contribution in [0.5, 0.6) is 0 Å². The van der Waals surface area contributed by atoms with Crippen LogP contribution in [0.2, 0.25) is 0 Å². The van der Waals surface area contributed by atoms with E-state index in [1.165, 1.54) is 6.07 Å².